The summed E-state index contributed by atoms with van der Waals surface area (Å²) in [4.78, 5) is 0. The van der Waals surface area contributed by atoms with E-state index in [4.69, 9.17) is 4.74 Å². The van der Waals surface area contributed by atoms with Crippen LogP contribution in [0.2, 0.25) is 0 Å². The fourth-order valence-electron chi connectivity index (χ4n) is 1.41. The number of hydrogen-bond donors (Lipinski definition) is 0. The van der Waals surface area contributed by atoms with Crippen LogP contribution in [0.4, 0.5) is 0 Å². The molecular weight excluding hydrogens is 124 g/mol. The summed E-state index contributed by atoms with van der Waals surface area (Å²) >= 11 is 0. The largest absolute Gasteiger partial charge is 0.381 e. The van der Waals surface area contributed by atoms with Crippen molar-refractivity contribution in [3.63, 3.8) is 0 Å². The molecule has 0 unspecified atom stereocenters. The molecule has 58 valence electrons. The zero-order valence-electron chi connectivity index (χ0n) is 6.89. The molecule has 0 aromatic heterocycles. The lowest BCUT2D eigenvalue weighted by Gasteiger charge is -2.30. The Hall–Kier alpha value is -0.300. The van der Waals surface area contributed by atoms with Gasteiger partial charge in [-0.3, -0.25) is 0 Å². The third kappa shape index (κ3) is 1.84. The van der Waals surface area contributed by atoms with Gasteiger partial charge in [-0.05, 0) is 25.2 Å². The Morgan fingerprint density at radius 3 is 2.40 bits per heavy atom. The van der Waals surface area contributed by atoms with Crippen LogP contribution in [-0.4, -0.2) is 13.2 Å². The molecule has 0 N–H and O–H groups in total. The fraction of sp³-hybridized carbons (Fsp3) is 0.778. The Labute approximate surface area is 63.1 Å². The van der Waals surface area contributed by atoms with Gasteiger partial charge in [0.05, 0.1) is 0 Å². The van der Waals surface area contributed by atoms with Gasteiger partial charge in [-0.15, -0.1) is 0 Å². The molecule has 1 rings (SSSR count). The van der Waals surface area contributed by atoms with Crippen molar-refractivity contribution < 1.29 is 4.74 Å². The summed E-state index contributed by atoms with van der Waals surface area (Å²) in [7, 11) is 0. The van der Waals surface area contributed by atoms with Crippen molar-refractivity contribution in [2.45, 2.75) is 26.7 Å². The number of allylic oxidation sites excluding steroid dienone is 2. The maximum absolute atomic E-state index is 5.28. The van der Waals surface area contributed by atoms with Crippen molar-refractivity contribution in [3.05, 3.63) is 12.2 Å². The smallest absolute Gasteiger partial charge is 0.0474 e. The second-order valence-electron chi connectivity index (χ2n) is 3.27. The number of hydrogen-bond acceptors (Lipinski definition) is 1. The molecule has 0 bridgehead atoms. The first-order valence-electron chi connectivity index (χ1n) is 3.98. The van der Waals surface area contributed by atoms with Crippen LogP contribution in [0.15, 0.2) is 12.2 Å². The lowest BCUT2D eigenvalue weighted by molar-refractivity contribution is 0.0449. The van der Waals surface area contributed by atoms with E-state index in [0.29, 0.717) is 5.41 Å². The molecular formula is C9H16O. The minimum atomic E-state index is 0.424. The molecule has 0 amide bonds. The van der Waals surface area contributed by atoms with Crippen LogP contribution >= 0.6 is 0 Å². The van der Waals surface area contributed by atoms with Crippen LogP contribution in [-0.2, 0) is 4.74 Å². The van der Waals surface area contributed by atoms with Crippen molar-refractivity contribution in [2.24, 2.45) is 5.41 Å². The van der Waals surface area contributed by atoms with E-state index >= 15 is 0 Å². The van der Waals surface area contributed by atoms with E-state index in [-0.39, 0.29) is 0 Å². The average molecular weight is 140 g/mol. The van der Waals surface area contributed by atoms with Gasteiger partial charge in [-0.2, -0.15) is 0 Å². The van der Waals surface area contributed by atoms with E-state index < -0.39 is 0 Å². The molecule has 0 aliphatic carbocycles. The van der Waals surface area contributed by atoms with E-state index in [1.165, 1.54) is 12.8 Å². The molecule has 0 radical (unpaired) electrons. The SMILES string of the molecule is C/C=C/C1(C)CCOCC1. The van der Waals surface area contributed by atoms with E-state index in [2.05, 4.69) is 26.0 Å². The lowest BCUT2D eigenvalue weighted by atomic mass is 9.82. The third-order valence-corrected chi connectivity index (χ3v) is 2.20. The van der Waals surface area contributed by atoms with Crippen LogP contribution < -0.4 is 0 Å². The van der Waals surface area contributed by atoms with Gasteiger partial charge >= 0.3 is 0 Å². The van der Waals surface area contributed by atoms with Crippen LogP contribution in [0.1, 0.15) is 26.7 Å². The monoisotopic (exact) mass is 140 g/mol. The summed E-state index contributed by atoms with van der Waals surface area (Å²) in [5.41, 5.74) is 0.424. The zero-order chi connectivity index (χ0) is 7.45. The van der Waals surface area contributed by atoms with Gasteiger partial charge in [0.15, 0.2) is 0 Å². The van der Waals surface area contributed by atoms with Crippen molar-refractivity contribution in [1.29, 1.82) is 0 Å². The summed E-state index contributed by atoms with van der Waals surface area (Å²) in [5, 5.41) is 0. The van der Waals surface area contributed by atoms with Gasteiger partial charge in [0.2, 0.25) is 0 Å². The Bertz CT molecular complexity index is 121. The molecule has 0 saturated carbocycles. The molecule has 1 fully saturated rings. The van der Waals surface area contributed by atoms with E-state index in [1.807, 2.05) is 0 Å². The second kappa shape index (κ2) is 3.20. The van der Waals surface area contributed by atoms with E-state index in [9.17, 15) is 0 Å². The Balaban J connectivity index is 2.48. The molecule has 0 spiro atoms. The van der Waals surface area contributed by atoms with Crippen LogP contribution in [0.25, 0.3) is 0 Å². The Kier molecular flexibility index (Phi) is 2.50. The first kappa shape index (κ1) is 7.80. The predicted molar refractivity (Wildman–Crippen MR) is 43.0 cm³/mol. The molecule has 1 heterocycles. The summed E-state index contributed by atoms with van der Waals surface area (Å²) in [6.45, 7) is 6.25. The lowest BCUT2D eigenvalue weighted by Crippen LogP contribution is -2.24. The topological polar surface area (TPSA) is 9.23 Å². The van der Waals surface area contributed by atoms with E-state index in [0.717, 1.165) is 13.2 Å². The summed E-state index contributed by atoms with van der Waals surface area (Å²) in [6.07, 6.45) is 6.80. The van der Waals surface area contributed by atoms with Gasteiger partial charge in [0, 0.05) is 13.2 Å². The Morgan fingerprint density at radius 1 is 1.30 bits per heavy atom. The van der Waals surface area contributed by atoms with Crippen LogP contribution in [0.3, 0.4) is 0 Å². The first-order valence-corrected chi connectivity index (χ1v) is 3.98. The van der Waals surface area contributed by atoms with Crippen LogP contribution in [0, 0.1) is 5.41 Å². The van der Waals surface area contributed by atoms with Crippen LogP contribution in [0.5, 0.6) is 0 Å². The van der Waals surface area contributed by atoms with Gasteiger partial charge in [0.1, 0.15) is 0 Å². The molecule has 1 saturated heterocycles. The molecule has 1 heteroatoms. The quantitative estimate of drug-likeness (QED) is 0.508. The average Bonchev–Trinajstić information content (AvgIpc) is 1.89. The molecule has 0 aromatic rings. The zero-order valence-corrected chi connectivity index (χ0v) is 6.89. The molecule has 10 heavy (non-hydrogen) atoms. The number of ether oxygens (including phenoxy) is 1. The highest BCUT2D eigenvalue weighted by molar-refractivity contribution is 4.96. The van der Waals surface area contributed by atoms with Gasteiger partial charge in [0.25, 0.3) is 0 Å². The van der Waals surface area contributed by atoms with Crippen molar-refractivity contribution in [1.82, 2.24) is 0 Å². The highest BCUT2D eigenvalue weighted by Gasteiger charge is 2.23. The molecule has 1 nitrogen and oxygen atoms in total. The van der Waals surface area contributed by atoms with Gasteiger partial charge < -0.3 is 4.74 Å². The second-order valence-corrected chi connectivity index (χ2v) is 3.27. The predicted octanol–water partition coefficient (Wildman–Crippen LogP) is 2.38. The molecule has 1 aliphatic rings. The van der Waals surface area contributed by atoms with Crippen molar-refractivity contribution in [3.8, 4) is 0 Å². The fourth-order valence-corrected chi connectivity index (χ4v) is 1.41. The van der Waals surface area contributed by atoms with Gasteiger partial charge in [-0.1, -0.05) is 19.1 Å². The third-order valence-electron chi connectivity index (χ3n) is 2.20. The Morgan fingerprint density at radius 2 is 1.90 bits per heavy atom. The molecule has 0 atom stereocenters. The first-order chi connectivity index (χ1) is 4.77. The minimum absolute atomic E-state index is 0.424. The maximum Gasteiger partial charge on any atom is 0.0474 e. The minimum Gasteiger partial charge on any atom is -0.381 e. The highest BCUT2D eigenvalue weighted by Crippen LogP contribution is 2.30. The van der Waals surface area contributed by atoms with Crippen molar-refractivity contribution >= 4 is 0 Å². The summed E-state index contributed by atoms with van der Waals surface area (Å²) in [6, 6.07) is 0. The normalized spacial score (nSPS) is 25.4. The number of rotatable bonds is 1. The highest BCUT2D eigenvalue weighted by atomic mass is 16.5. The standard InChI is InChI=1S/C9H16O/c1-3-4-9(2)5-7-10-8-6-9/h3-4H,5-8H2,1-2H3/b4-3+. The van der Waals surface area contributed by atoms with Gasteiger partial charge in [-0.25, -0.2) is 0 Å². The summed E-state index contributed by atoms with van der Waals surface area (Å²) in [5.74, 6) is 0. The summed E-state index contributed by atoms with van der Waals surface area (Å²) < 4.78 is 5.28. The molecule has 1 aliphatic heterocycles. The van der Waals surface area contributed by atoms with Crippen molar-refractivity contribution in [2.75, 3.05) is 13.2 Å². The molecule has 0 aromatic carbocycles. The maximum atomic E-state index is 5.28. The van der Waals surface area contributed by atoms with E-state index in [1.54, 1.807) is 0 Å².